The first-order valence-electron chi connectivity index (χ1n) is 8.71. The number of hydrogen-bond acceptors (Lipinski definition) is 3. The molecule has 0 spiro atoms. The minimum absolute atomic E-state index is 0.0633. The van der Waals surface area contributed by atoms with E-state index in [1.165, 1.54) is 12.1 Å². The van der Waals surface area contributed by atoms with Crippen molar-refractivity contribution >= 4 is 11.7 Å². The van der Waals surface area contributed by atoms with Crippen molar-refractivity contribution in [2.24, 2.45) is 5.92 Å². The highest BCUT2D eigenvalue weighted by Gasteiger charge is 2.18. The van der Waals surface area contributed by atoms with Crippen molar-refractivity contribution in [1.82, 2.24) is 5.32 Å². The zero-order valence-corrected chi connectivity index (χ0v) is 15.3. The number of Topliss-reactive ketones (excluding diaryl/α,β-unsaturated/α-hetero) is 1. The summed E-state index contributed by atoms with van der Waals surface area (Å²) >= 11 is 0. The van der Waals surface area contributed by atoms with E-state index in [-0.39, 0.29) is 36.1 Å². The number of amides is 1. The van der Waals surface area contributed by atoms with Gasteiger partial charge in [0.05, 0.1) is 6.04 Å². The molecule has 2 rings (SSSR count). The Morgan fingerprint density at radius 3 is 2.19 bits per heavy atom. The van der Waals surface area contributed by atoms with Crippen LogP contribution in [0.1, 0.15) is 49.2 Å². The molecule has 0 unspecified atom stereocenters. The smallest absolute Gasteiger partial charge is 0.258 e. The largest absolute Gasteiger partial charge is 0.484 e. The van der Waals surface area contributed by atoms with Crippen molar-refractivity contribution < 1.29 is 18.7 Å². The van der Waals surface area contributed by atoms with Gasteiger partial charge in [-0.1, -0.05) is 32.9 Å². The van der Waals surface area contributed by atoms with Crippen LogP contribution < -0.4 is 10.1 Å². The van der Waals surface area contributed by atoms with E-state index in [2.05, 4.69) is 5.32 Å². The standard InChI is InChI=1S/C21H24FNO3/c1-4-19(24)15-7-11-18(12-8-15)26-13-20(25)23-21(14(2)3)16-5-9-17(22)10-6-16/h5-12,14,21H,4,13H2,1-3H3,(H,23,25)/t21-/m0/s1. The molecule has 0 aliphatic heterocycles. The van der Waals surface area contributed by atoms with Crippen LogP contribution in [-0.2, 0) is 4.79 Å². The molecule has 2 aromatic rings. The Kier molecular flexibility index (Phi) is 6.89. The Balaban J connectivity index is 1.94. The van der Waals surface area contributed by atoms with Crippen LogP contribution >= 0.6 is 0 Å². The van der Waals surface area contributed by atoms with Gasteiger partial charge < -0.3 is 10.1 Å². The summed E-state index contributed by atoms with van der Waals surface area (Å²) in [7, 11) is 0. The highest BCUT2D eigenvalue weighted by molar-refractivity contribution is 5.95. The average molecular weight is 357 g/mol. The quantitative estimate of drug-likeness (QED) is 0.716. The second-order valence-electron chi connectivity index (χ2n) is 6.43. The third-order valence-electron chi connectivity index (χ3n) is 4.08. The topological polar surface area (TPSA) is 55.4 Å². The minimum Gasteiger partial charge on any atom is -0.484 e. The number of carbonyl (C=O) groups excluding carboxylic acids is 2. The molecule has 5 heteroatoms. The van der Waals surface area contributed by atoms with Crippen molar-refractivity contribution in [2.45, 2.75) is 33.2 Å². The summed E-state index contributed by atoms with van der Waals surface area (Å²) in [6.45, 7) is 5.64. The average Bonchev–Trinajstić information content (AvgIpc) is 2.65. The van der Waals surface area contributed by atoms with Crippen LogP contribution in [0.5, 0.6) is 5.75 Å². The molecule has 1 amide bonds. The summed E-state index contributed by atoms with van der Waals surface area (Å²) in [6.07, 6.45) is 0.447. The maximum atomic E-state index is 13.1. The van der Waals surface area contributed by atoms with Gasteiger partial charge in [-0.05, 0) is 47.9 Å². The Labute approximate surface area is 153 Å². The van der Waals surface area contributed by atoms with Gasteiger partial charge in [0.2, 0.25) is 0 Å². The van der Waals surface area contributed by atoms with Crippen LogP contribution in [0.15, 0.2) is 48.5 Å². The van der Waals surface area contributed by atoms with Crippen LogP contribution in [0, 0.1) is 11.7 Å². The molecule has 0 saturated heterocycles. The van der Waals surface area contributed by atoms with Crippen molar-refractivity contribution in [3.05, 3.63) is 65.5 Å². The molecule has 0 fully saturated rings. The third-order valence-corrected chi connectivity index (χ3v) is 4.08. The van der Waals surface area contributed by atoms with Crippen molar-refractivity contribution in [3.63, 3.8) is 0 Å². The van der Waals surface area contributed by atoms with Crippen LogP contribution in [-0.4, -0.2) is 18.3 Å². The molecule has 0 saturated carbocycles. The Bertz CT molecular complexity index is 739. The molecule has 0 aliphatic carbocycles. The first-order chi connectivity index (χ1) is 12.4. The van der Waals surface area contributed by atoms with Gasteiger partial charge >= 0.3 is 0 Å². The first kappa shape index (κ1) is 19.6. The summed E-state index contributed by atoms with van der Waals surface area (Å²) in [5, 5.41) is 2.92. The molecule has 2 aromatic carbocycles. The van der Waals surface area contributed by atoms with Gasteiger partial charge in [0.25, 0.3) is 5.91 Å². The predicted molar refractivity (Wildman–Crippen MR) is 98.7 cm³/mol. The van der Waals surface area contributed by atoms with Gasteiger partial charge in [-0.3, -0.25) is 9.59 Å². The number of nitrogens with one attached hydrogen (secondary N) is 1. The van der Waals surface area contributed by atoms with E-state index in [0.717, 1.165) is 5.56 Å². The lowest BCUT2D eigenvalue weighted by molar-refractivity contribution is -0.124. The normalized spacial score (nSPS) is 11.9. The van der Waals surface area contributed by atoms with Gasteiger partial charge in [-0.25, -0.2) is 4.39 Å². The van der Waals surface area contributed by atoms with Crippen LogP contribution in [0.3, 0.4) is 0 Å². The molecule has 0 heterocycles. The fourth-order valence-electron chi connectivity index (χ4n) is 2.61. The number of hydrogen-bond donors (Lipinski definition) is 1. The van der Waals surface area contributed by atoms with Crippen LogP contribution in [0.2, 0.25) is 0 Å². The van der Waals surface area contributed by atoms with Crippen molar-refractivity contribution in [2.75, 3.05) is 6.61 Å². The van der Waals surface area contributed by atoms with Gasteiger partial charge in [0, 0.05) is 12.0 Å². The molecular formula is C21H24FNO3. The molecule has 0 radical (unpaired) electrons. The van der Waals surface area contributed by atoms with E-state index in [1.807, 2.05) is 20.8 Å². The number of ketones is 1. The van der Waals surface area contributed by atoms with Gasteiger partial charge in [-0.2, -0.15) is 0 Å². The van der Waals surface area contributed by atoms with E-state index in [0.29, 0.717) is 17.7 Å². The lowest BCUT2D eigenvalue weighted by atomic mass is 9.96. The van der Waals surface area contributed by atoms with E-state index >= 15 is 0 Å². The molecule has 4 nitrogen and oxygen atoms in total. The fraction of sp³-hybridized carbons (Fsp3) is 0.333. The summed E-state index contributed by atoms with van der Waals surface area (Å²) in [5.74, 6) is 0.158. The lowest BCUT2D eigenvalue weighted by Crippen LogP contribution is -2.35. The summed E-state index contributed by atoms with van der Waals surface area (Å²) in [5.41, 5.74) is 1.47. The van der Waals surface area contributed by atoms with E-state index < -0.39 is 0 Å². The van der Waals surface area contributed by atoms with Crippen molar-refractivity contribution in [1.29, 1.82) is 0 Å². The first-order valence-corrected chi connectivity index (χ1v) is 8.71. The Hall–Kier alpha value is -2.69. The van der Waals surface area contributed by atoms with Crippen molar-refractivity contribution in [3.8, 4) is 5.75 Å². The van der Waals surface area contributed by atoms with E-state index in [9.17, 15) is 14.0 Å². The van der Waals surface area contributed by atoms with Crippen LogP contribution in [0.4, 0.5) is 4.39 Å². The summed E-state index contributed by atoms with van der Waals surface area (Å²) in [4.78, 5) is 23.8. The number of benzene rings is 2. The minimum atomic E-state index is -0.309. The molecular weight excluding hydrogens is 333 g/mol. The highest BCUT2D eigenvalue weighted by Crippen LogP contribution is 2.22. The van der Waals surface area contributed by atoms with Gasteiger partial charge in [0.15, 0.2) is 12.4 Å². The molecule has 0 aromatic heterocycles. The second kappa shape index (κ2) is 9.13. The van der Waals surface area contributed by atoms with Gasteiger partial charge in [-0.15, -0.1) is 0 Å². The predicted octanol–water partition coefficient (Wildman–Crippen LogP) is 4.31. The molecule has 1 atom stereocenters. The molecule has 1 N–H and O–H groups in total. The summed E-state index contributed by atoms with van der Waals surface area (Å²) < 4.78 is 18.6. The van der Waals surface area contributed by atoms with E-state index in [4.69, 9.17) is 4.74 Å². The number of rotatable bonds is 8. The third kappa shape index (κ3) is 5.41. The van der Waals surface area contributed by atoms with Gasteiger partial charge in [0.1, 0.15) is 11.6 Å². The zero-order chi connectivity index (χ0) is 19.1. The monoisotopic (exact) mass is 357 g/mol. The fourth-order valence-corrected chi connectivity index (χ4v) is 2.61. The molecule has 0 bridgehead atoms. The Morgan fingerprint density at radius 1 is 1.04 bits per heavy atom. The molecule has 26 heavy (non-hydrogen) atoms. The summed E-state index contributed by atoms with van der Waals surface area (Å²) in [6, 6.07) is 12.6. The highest BCUT2D eigenvalue weighted by atomic mass is 19.1. The maximum Gasteiger partial charge on any atom is 0.258 e. The molecule has 138 valence electrons. The Morgan fingerprint density at radius 2 is 1.65 bits per heavy atom. The van der Waals surface area contributed by atoms with E-state index in [1.54, 1.807) is 36.4 Å². The number of halogens is 1. The van der Waals surface area contributed by atoms with Crippen LogP contribution in [0.25, 0.3) is 0 Å². The lowest BCUT2D eigenvalue weighted by Gasteiger charge is -2.23. The number of ether oxygens (including phenoxy) is 1. The second-order valence-corrected chi connectivity index (χ2v) is 6.43. The molecule has 0 aliphatic rings. The zero-order valence-electron chi connectivity index (χ0n) is 15.3. The SMILES string of the molecule is CCC(=O)c1ccc(OCC(=O)N[C@H](c2ccc(F)cc2)C(C)C)cc1. The number of carbonyl (C=O) groups is 2. The maximum absolute atomic E-state index is 13.1.